The summed E-state index contributed by atoms with van der Waals surface area (Å²) >= 11 is 0. The molecule has 33 heavy (non-hydrogen) atoms. The Morgan fingerprint density at radius 1 is 0.485 bits per heavy atom. The second kappa shape index (κ2) is 8.13. The van der Waals surface area contributed by atoms with Gasteiger partial charge in [-0.2, -0.15) is 0 Å². The molecule has 3 aromatic carbocycles. The molecule has 0 aliphatic heterocycles. The van der Waals surface area contributed by atoms with Gasteiger partial charge in [-0.05, 0) is 78.5 Å². The smallest absolute Gasteiger partial charge is 0.127 e. The fourth-order valence-electron chi connectivity index (χ4n) is 4.67. The molecule has 0 radical (unpaired) electrons. The van der Waals surface area contributed by atoms with Gasteiger partial charge in [0.2, 0.25) is 0 Å². The Hall–Kier alpha value is -2.94. The summed E-state index contributed by atoms with van der Waals surface area (Å²) in [5.41, 5.74) is 7.39. The lowest BCUT2D eigenvalue weighted by Gasteiger charge is -2.27. The highest BCUT2D eigenvalue weighted by Gasteiger charge is 2.28. The second-order valence-corrected chi connectivity index (χ2v) is 11.5. The standard InChI is InChI=1S/C30H38O3/c1-16-11-20(27(32)22(13-16)29(5,6)7)24-18(3)15-19(4)26(31)25(24)21-12-17(2)14-23(28(21)33)30(8,9)10/h11-15,31-33H,1-10H3. The molecule has 0 atom stereocenters. The lowest BCUT2D eigenvalue weighted by molar-refractivity contribution is 0.445. The van der Waals surface area contributed by atoms with Gasteiger partial charge in [-0.3, -0.25) is 0 Å². The van der Waals surface area contributed by atoms with Crippen molar-refractivity contribution in [2.24, 2.45) is 0 Å². The highest BCUT2D eigenvalue weighted by molar-refractivity contribution is 5.95. The number of phenols is 3. The molecule has 3 N–H and O–H groups in total. The van der Waals surface area contributed by atoms with Crippen molar-refractivity contribution in [2.75, 3.05) is 0 Å². The third-order valence-electron chi connectivity index (χ3n) is 6.35. The fraction of sp³-hybridized carbons (Fsp3) is 0.400. The van der Waals surface area contributed by atoms with Crippen molar-refractivity contribution in [1.82, 2.24) is 0 Å². The van der Waals surface area contributed by atoms with Gasteiger partial charge in [0.15, 0.2) is 0 Å². The minimum absolute atomic E-state index is 0.120. The molecular weight excluding hydrogens is 408 g/mol. The van der Waals surface area contributed by atoms with Gasteiger partial charge in [0.25, 0.3) is 0 Å². The first-order valence-corrected chi connectivity index (χ1v) is 11.6. The van der Waals surface area contributed by atoms with Crippen LogP contribution in [0.25, 0.3) is 22.3 Å². The van der Waals surface area contributed by atoms with Crippen LogP contribution in [0.15, 0.2) is 30.3 Å². The van der Waals surface area contributed by atoms with Crippen molar-refractivity contribution in [3.05, 3.63) is 63.7 Å². The first kappa shape index (κ1) is 24.7. The SMILES string of the molecule is Cc1cc(-c2c(C)cc(C)c(O)c2-c2cc(C)cc(C(C)(C)C)c2O)c(O)c(C(C)(C)C)c1. The molecule has 0 saturated heterocycles. The van der Waals surface area contributed by atoms with Crippen molar-refractivity contribution in [3.63, 3.8) is 0 Å². The van der Waals surface area contributed by atoms with Gasteiger partial charge in [-0.25, -0.2) is 0 Å². The number of aryl methyl sites for hydroxylation is 4. The topological polar surface area (TPSA) is 60.7 Å². The number of phenolic OH excluding ortho intramolecular Hbond substituents is 3. The Labute approximate surface area is 198 Å². The first-order chi connectivity index (χ1) is 15.0. The van der Waals surface area contributed by atoms with Crippen molar-refractivity contribution in [2.45, 2.75) is 80.1 Å². The summed E-state index contributed by atoms with van der Waals surface area (Å²) < 4.78 is 0. The van der Waals surface area contributed by atoms with E-state index in [0.717, 1.165) is 38.9 Å². The Bertz CT molecular complexity index is 1240. The zero-order valence-corrected chi connectivity index (χ0v) is 21.7. The summed E-state index contributed by atoms with van der Waals surface area (Å²) in [7, 11) is 0. The van der Waals surface area contributed by atoms with E-state index in [-0.39, 0.29) is 28.1 Å². The van der Waals surface area contributed by atoms with Crippen molar-refractivity contribution < 1.29 is 15.3 Å². The summed E-state index contributed by atoms with van der Waals surface area (Å²) in [6.45, 7) is 20.3. The first-order valence-electron chi connectivity index (χ1n) is 11.6. The van der Waals surface area contributed by atoms with Crippen LogP contribution in [0.4, 0.5) is 0 Å². The number of hydrogen-bond donors (Lipinski definition) is 3. The third-order valence-corrected chi connectivity index (χ3v) is 6.35. The molecule has 3 rings (SSSR count). The largest absolute Gasteiger partial charge is 0.507 e. The Morgan fingerprint density at radius 2 is 0.879 bits per heavy atom. The maximum atomic E-state index is 11.4. The molecule has 0 unspecified atom stereocenters. The Kier molecular flexibility index (Phi) is 6.08. The van der Waals surface area contributed by atoms with E-state index in [9.17, 15) is 15.3 Å². The molecule has 3 heteroatoms. The highest BCUT2D eigenvalue weighted by Crippen LogP contribution is 2.51. The van der Waals surface area contributed by atoms with Gasteiger partial charge in [0.05, 0.1) is 0 Å². The maximum Gasteiger partial charge on any atom is 0.127 e. The van der Waals surface area contributed by atoms with Crippen molar-refractivity contribution in [3.8, 4) is 39.5 Å². The second-order valence-electron chi connectivity index (χ2n) is 11.5. The summed E-state index contributed by atoms with van der Waals surface area (Å²) in [6.07, 6.45) is 0. The van der Waals surface area contributed by atoms with E-state index in [1.807, 2.05) is 58.0 Å². The number of aromatic hydroxyl groups is 3. The minimum Gasteiger partial charge on any atom is -0.507 e. The monoisotopic (exact) mass is 446 g/mol. The molecule has 176 valence electrons. The maximum absolute atomic E-state index is 11.4. The zero-order chi connectivity index (χ0) is 25.0. The molecule has 0 bridgehead atoms. The van der Waals surface area contributed by atoms with E-state index < -0.39 is 0 Å². The summed E-state index contributed by atoms with van der Waals surface area (Å²) in [5.74, 6) is 0.497. The number of hydrogen-bond acceptors (Lipinski definition) is 3. The van der Waals surface area contributed by atoms with E-state index >= 15 is 0 Å². The number of rotatable bonds is 2. The predicted octanol–water partition coefficient (Wildman–Crippen LogP) is 7.97. The third kappa shape index (κ3) is 4.46. The summed E-state index contributed by atoms with van der Waals surface area (Å²) in [5, 5.41) is 34.2. The van der Waals surface area contributed by atoms with Crippen LogP contribution >= 0.6 is 0 Å². The molecule has 0 fully saturated rings. The lowest BCUT2D eigenvalue weighted by Crippen LogP contribution is -2.13. The van der Waals surface area contributed by atoms with Crippen LogP contribution in [0.3, 0.4) is 0 Å². The van der Waals surface area contributed by atoms with Gasteiger partial charge in [-0.15, -0.1) is 0 Å². The Balaban J connectivity index is 2.53. The van der Waals surface area contributed by atoms with Crippen LogP contribution < -0.4 is 0 Å². The van der Waals surface area contributed by atoms with Gasteiger partial charge < -0.3 is 15.3 Å². The van der Waals surface area contributed by atoms with E-state index in [1.165, 1.54) is 0 Å². The van der Waals surface area contributed by atoms with Crippen molar-refractivity contribution >= 4 is 0 Å². The Morgan fingerprint density at radius 3 is 1.27 bits per heavy atom. The van der Waals surface area contributed by atoms with Gasteiger partial charge in [-0.1, -0.05) is 59.7 Å². The molecule has 0 saturated carbocycles. The van der Waals surface area contributed by atoms with Crippen LogP contribution in [0, 0.1) is 27.7 Å². The lowest BCUT2D eigenvalue weighted by atomic mass is 9.79. The average molecular weight is 447 g/mol. The molecule has 3 nitrogen and oxygen atoms in total. The van der Waals surface area contributed by atoms with Gasteiger partial charge in [0, 0.05) is 27.8 Å². The molecule has 0 aliphatic carbocycles. The minimum atomic E-state index is -0.273. The molecule has 3 aromatic rings. The van der Waals surface area contributed by atoms with E-state index in [4.69, 9.17) is 0 Å². The van der Waals surface area contributed by atoms with Crippen LogP contribution in [0.1, 0.15) is 74.9 Å². The van der Waals surface area contributed by atoms with Crippen LogP contribution in [0.5, 0.6) is 17.2 Å². The molecule has 0 amide bonds. The van der Waals surface area contributed by atoms with Crippen molar-refractivity contribution in [1.29, 1.82) is 0 Å². The van der Waals surface area contributed by atoms with E-state index in [1.54, 1.807) is 0 Å². The quantitative estimate of drug-likeness (QED) is 0.374. The van der Waals surface area contributed by atoms with Crippen LogP contribution in [0.2, 0.25) is 0 Å². The average Bonchev–Trinajstić information content (AvgIpc) is 2.66. The van der Waals surface area contributed by atoms with Gasteiger partial charge >= 0.3 is 0 Å². The van der Waals surface area contributed by atoms with Crippen LogP contribution in [-0.2, 0) is 10.8 Å². The summed E-state index contributed by atoms with van der Waals surface area (Å²) in [4.78, 5) is 0. The zero-order valence-electron chi connectivity index (χ0n) is 21.7. The normalized spacial score (nSPS) is 12.3. The molecule has 0 aromatic heterocycles. The fourth-order valence-corrected chi connectivity index (χ4v) is 4.67. The molecule has 0 spiro atoms. The predicted molar refractivity (Wildman–Crippen MR) is 139 cm³/mol. The molecular formula is C30H38O3. The van der Waals surface area contributed by atoms with E-state index in [2.05, 4.69) is 41.5 Å². The molecule has 0 heterocycles. The molecule has 0 aliphatic rings. The van der Waals surface area contributed by atoms with E-state index in [0.29, 0.717) is 16.7 Å². The number of benzene rings is 3. The summed E-state index contributed by atoms with van der Waals surface area (Å²) in [6, 6.07) is 9.83. The van der Waals surface area contributed by atoms with Gasteiger partial charge in [0.1, 0.15) is 17.2 Å². The van der Waals surface area contributed by atoms with Crippen LogP contribution in [-0.4, -0.2) is 15.3 Å². The highest BCUT2D eigenvalue weighted by atomic mass is 16.3.